The summed E-state index contributed by atoms with van der Waals surface area (Å²) in [5.74, 6) is 0.860. The molecule has 0 N–H and O–H groups in total. The summed E-state index contributed by atoms with van der Waals surface area (Å²) >= 11 is 0. The highest BCUT2D eigenvalue weighted by atomic mass is 16.1. The fourth-order valence-corrected chi connectivity index (χ4v) is 0.905. The minimum atomic E-state index is -0.225. The molecule has 0 radical (unpaired) electrons. The zero-order chi connectivity index (χ0) is 10.4. The molecule has 2 nitrogen and oxygen atoms in total. The summed E-state index contributed by atoms with van der Waals surface area (Å²) in [4.78, 5) is 11.3. The van der Waals surface area contributed by atoms with Crippen LogP contribution in [0.15, 0.2) is 42.5 Å². The standard InChI is InChI=1S/C12H13NO/c1-10(2)8-9-12(14)13-11-6-4-3-5-7-11/h3-9H,1-2H3. The predicted molar refractivity (Wildman–Crippen MR) is 58.2 cm³/mol. The molecule has 0 atom stereocenters. The molecular formula is C12H13NO. The van der Waals surface area contributed by atoms with Crippen LogP contribution in [0.5, 0.6) is 0 Å². The number of para-hydroxylation sites is 1. The summed E-state index contributed by atoms with van der Waals surface area (Å²) in [5.41, 5.74) is 0.691. The van der Waals surface area contributed by atoms with E-state index in [1.807, 2.05) is 32.0 Å². The van der Waals surface area contributed by atoms with E-state index in [1.54, 1.807) is 18.2 Å². The Morgan fingerprint density at radius 2 is 1.93 bits per heavy atom. The summed E-state index contributed by atoms with van der Waals surface area (Å²) in [5, 5.41) is 3.89. The number of carbonyl (C=O) groups is 1. The summed E-state index contributed by atoms with van der Waals surface area (Å²) in [6, 6.07) is 9.20. The van der Waals surface area contributed by atoms with E-state index < -0.39 is 0 Å². The van der Waals surface area contributed by atoms with Crippen LogP contribution < -0.4 is 0 Å². The lowest BCUT2D eigenvalue weighted by molar-refractivity contribution is -0.111. The number of nitrogens with zero attached hydrogens (tertiary/aromatic N) is 1. The van der Waals surface area contributed by atoms with Crippen molar-refractivity contribution in [3.05, 3.63) is 53.7 Å². The normalized spacial score (nSPS) is 10.1. The average Bonchev–Trinajstić information content (AvgIpc) is 2.16. The third-order valence-corrected chi connectivity index (χ3v) is 1.55. The highest BCUT2D eigenvalue weighted by Gasteiger charge is 1.94. The van der Waals surface area contributed by atoms with Crippen LogP contribution in [0.4, 0.5) is 5.69 Å². The third kappa shape index (κ3) is 3.81. The van der Waals surface area contributed by atoms with Crippen LogP contribution in [0.3, 0.4) is 0 Å². The highest BCUT2D eigenvalue weighted by molar-refractivity contribution is 6.04. The molecule has 1 amide bonds. The molecule has 0 aliphatic rings. The summed E-state index contributed by atoms with van der Waals surface area (Å²) < 4.78 is 0. The summed E-state index contributed by atoms with van der Waals surface area (Å²) in [6.45, 7) is 3.87. The molecule has 2 heteroatoms. The molecule has 72 valence electrons. The van der Waals surface area contributed by atoms with E-state index in [1.165, 1.54) is 6.08 Å². The average molecular weight is 187 g/mol. The lowest BCUT2D eigenvalue weighted by atomic mass is 10.2. The largest absolute Gasteiger partial charge is 0.604 e. The molecule has 0 aliphatic carbocycles. The Hall–Kier alpha value is -1.70. The van der Waals surface area contributed by atoms with E-state index in [0.29, 0.717) is 5.69 Å². The van der Waals surface area contributed by atoms with Crippen LogP contribution in [0.1, 0.15) is 13.8 Å². The van der Waals surface area contributed by atoms with E-state index >= 15 is 0 Å². The van der Waals surface area contributed by atoms with Gasteiger partial charge in [0.05, 0.1) is 12.2 Å². The number of rotatable bonds is 3. The molecule has 0 saturated carbocycles. The predicted octanol–water partition coefficient (Wildman–Crippen LogP) is 3.39. The van der Waals surface area contributed by atoms with E-state index in [4.69, 9.17) is 0 Å². The van der Waals surface area contributed by atoms with Crippen LogP contribution in [0.25, 0.3) is 5.32 Å². The third-order valence-electron chi connectivity index (χ3n) is 1.55. The fourth-order valence-electron chi connectivity index (χ4n) is 0.905. The Balaban J connectivity index is 2.50. The van der Waals surface area contributed by atoms with Crippen molar-refractivity contribution in [3.8, 4) is 0 Å². The smallest absolute Gasteiger partial charge is 0.164 e. The first-order valence-electron chi connectivity index (χ1n) is 4.47. The summed E-state index contributed by atoms with van der Waals surface area (Å²) in [7, 11) is 0. The molecule has 1 aromatic rings. The highest BCUT2D eigenvalue weighted by Crippen LogP contribution is 2.17. The lowest BCUT2D eigenvalue weighted by Crippen LogP contribution is -1.88. The molecule has 0 aliphatic heterocycles. The molecule has 0 aromatic heterocycles. The van der Waals surface area contributed by atoms with Gasteiger partial charge in [0.1, 0.15) is 0 Å². The van der Waals surface area contributed by atoms with Crippen molar-refractivity contribution < 1.29 is 4.79 Å². The number of hydrogen-bond acceptors (Lipinski definition) is 1. The van der Waals surface area contributed by atoms with Crippen LogP contribution in [0.2, 0.25) is 0 Å². The van der Waals surface area contributed by atoms with Crippen molar-refractivity contribution in [3.63, 3.8) is 0 Å². The van der Waals surface area contributed by atoms with Crippen molar-refractivity contribution in [1.82, 2.24) is 0 Å². The summed E-state index contributed by atoms with van der Waals surface area (Å²) in [6.07, 6.45) is 3.23. The quantitative estimate of drug-likeness (QED) is 0.527. The number of carbonyl (C=O) groups excluding carboxylic acids is 1. The van der Waals surface area contributed by atoms with E-state index in [-0.39, 0.29) is 5.91 Å². The molecular weight excluding hydrogens is 174 g/mol. The van der Waals surface area contributed by atoms with Gasteiger partial charge in [-0.1, -0.05) is 30.3 Å². The van der Waals surface area contributed by atoms with Crippen molar-refractivity contribution in [1.29, 1.82) is 0 Å². The fraction of sp³-hybridized carbons (Fsp3) is 0.167. The molecule has 0 spiro atoms. The Morgan fingerprint density at radius 1 is 1.29 bits per heavy atom. The van der Waals surface area contributed by atoms with Gasteiger partial charge in [-0.2, -0.15) is 0 Å². The number of allylic oxidation sites excluding steroid dienone is 1. The zero-order valence-corrected chi connectivity index (χ0v) is 8.40. The molecule has 0 saturated heterocycles. The Bertz CT molecular complexity index is 314. The van der Waals surface area contributed by atoms with Crippen LogP contribution in [-0.4, -0.2) is 5.91 Å². The molecule has 1 aromatic carbocycles. The minimum Gasteiger partial charge on any atom is -0.604 e. The maximum atomic E-state index is 11.3. The maximum absolute atomic E-state index is 11.3. The van der Waals surface area contributed by atoms with Crippen molar-refractivity contribution in [2.45, 2.75) is 13.8 Å². The first-order valence-corrected chi connectivity index (χ1v) is 4.47. The van der Waals surface area contributed by atoms with Gasteiger partial charge in [-0.15, -0.1) is 5.69 Å². The maximum Gasteiger partial charge on any atom is 0.164 e. The minimum absolute atomic E-state index is 0.225. The second-order valence-electron chi connectivity index (χ2n) is 3.20. The monoisotopic (exact) mass is 187 g/mol. The van der Waals surface area contributed by atoms with Gasteiger partial charge in [-0.05, 0) is 0 Å². The molecule has 0 fully saturated rings. The number of amides is 1. The second-order valence-corrected chi connectivity index (χ2v) is 3.20. The van der Waals surface area contributed by atoms with Gasteiger partial charge < -0.3 is 5.32 Å². The first kappa shape index (κ1) is 10.4. The van der Waals surface area contributed by atoms with Crippen LogP contribution >= 0.6 is 0 Å². The van der Waals surface area contributed by atoms with Gasteiger partial charge in [0, 0.05) is 19.8 Å². The van der Waals surface area contributed by atoms with Crippen molar-refractivity contribution in [2.24, 2.45) is 0 Å². The Morgan fingerprint density at radius 3 is 2.50 bits per heavy atom. The Labute approximate surface area is 84.6 Å². The van der Waals surface area contributed by atoms with Crippen molar-refractivity contribution >= 4 is 11.6 Å². The number of hydrogen-bond donors (Lipinski definition) is 0. The molecule has 14 heavy (non-hydrogen) atoms. The zero-order valence-electron chi connectivity index (χ0n) is 8.40. The number of benzene rings is 1. The second kappa shape index (κ2) is 5.12. The molecule has 0 unspecified atom stereocenters. The molecule has 1 rings (SSSR count). The lowest BCUT2D eigenvalue weighted by Gasteiger charge is -2.13. The van der Waals surface area contributed by atoms with Gasteiger partial charge in [0.15, 0.2) is 5.91 Å². The first-order chi connectivity index (χ1) is 6.68. The topological polar surface area (TPSA) is 31.2 Å². The van der Waals surface area contributed by atoms with Gasteiger partial charge in [0.2, 0.25) is 0 Å². The van der Waals surface area contributed by atoms with Crippen molar-refractivity contribution in [2.75, 3.05) is 0 Å². The van der Waals surface area contributed by atoms with Gasteiger partial charge in [-0.25, -0.2) is 0 Å². The van der Waals surface area contributed by atoms with E-state index in [9.17, 15) is 4.79 Å². The van der Waals surface area contributed by atoms with Gasteiger partial charge in [-0.3, -0.25) is 4.79 Å². The molecule has 0 bridgehead atoms. The van der Waals surface area contributed by atoms with E-state index in [2.05, 4.69) is 5.32 Å². The van der Waals surface area contributed by atoms with Gasteiger partial charge in [0.25, 0.3) is 0 Å². The Kier molecular flexibility index (Phi) is 3.80. The van der Waals surface area contributed by atoms with Crippen LogP contribution in [-0.2, 0) is 4.79 Å². The van der Waals surface area contributed by atoms with Crippen LogP contribution in [0, 0.1) is 5.92 Å². The molecule has 0 heterocycles. The van der Waals surface area contributed by atoms with E-state index in [0.717, 1.165) is 5.92 Å². The van der Waals surface area contributed by atoms with Gasteiger partial charge >= 0.3 is 0 Å². The SMILES string of the molecule is C[C+](C)C=CC(=O)[N-]c1ccccc1.